The average molecular weight is 1350 g/mol. The van der Waals surface area contributed by atoms with Crippen molar-refractivity contribution < 1.29 is 78.7 Å². The Morgan fingerprint density at radius 1 is 0.462 bits per heavy atom. The average Bonchev–Trinajstić information content (AvgIpc) is 1.35. The molecule has 2 saturated carbocycles. The number of likely N-dealkylation sites (tertiary alicyclic amines) is 2. The number of aliphatic carboxylic acids is 2. The molecule has 2 saturated heterocycles. The van der Waals surface area contributed by atoms with Gasteiger partial charge in [-0.05, 0) is 159 Å². The second kappa shape index (κ2) is 36.9. The van der Waals surface area contributed by atoms with Gasteiger partial charge in [-0.3, -0.25) is 34.5 Å². The van der Waals surface area contributed by atoms with Gasteiger partial charge in [0.1, 0.15) is 29.5 Å². The molecule has 0 unspecified atom stereocenters. The van der Waals surface area contributed by atoms with E-state index in [0.29, 0.717) is 23.0 Å². The largest absolute Gasteiger partial charge is 0.507 e. The van der Waals surface area contributed by atoms with Crippen molar-refractivity contribution in [1.82, 2.24) is 4.90 Å². The molecule has 2 aliphatic heterocycles. The quantitative estimate of drug-likeness (QED) is 0.0530. The number of phenolic OH excluding ortho intramolecular Hbond substituents is 4. The Morgan fingerprint density at radius 3 is 1.19 bits per heavy atom. The molecular formula is C75H114Co2N6O8. The minimum Gasteiger partial charge on any atom is -0.507 e. The Bertz CT molecular complexity index is 3060. The molecule has 16 heteroatoms. The summed E-state index contributed by atoms with van der Waals surface area (Å²) >= 11 is 0. The fourth-order valence-corrected chi connectivity index (χ4v) is 12.2. The Morgan fingerprint density at radius 2 is 0.791 bits per heavy atom. The van der Waals surface area contributed by atoms with E-state index < -0.39 is 11.9 Å². The Labute approximate surface area is 568 Å². The van der Waals surface area contributed by atoms with Gasteiger partial charge in [-0.2, -0.15) is 0 Å². The van der Waals surface area contributed by atoms with Gasteiger partial charge in [-0.1, -0.05) is 133 Å². The molecule has 4 aromatic carbocycles. The molecule has 14 nitrogen and oxygen atoms in total. The second-order valence-electron chi connectivity index (χ2n) is 29.5. The number of hydrogen-bond acceptors (Lipinski definition) is 11. The van der Waals surface area contributed by atoms with E-state index in [-0.39, 0.29) is 86.8 Å². The van der Waals surface area contributed by atoms with Crippen LogP contribution in [-0.4, -0.2) is 123 Å². The summed E-state index contributed by atoms with van der Waals surface area (Å²) in [7, 11) is 0. The number of carbonyl (C=O) groups is 2. The molecule has 4 fully saturated rings. The van der Waals surface area contributed by atoms with Crippen LogP contribution >= 0.6 is 0 Å². The van der Waals surface area contributed by atoms with Crippen molar-refractivity contribution in [3.05, 3.63) is 123 Å². The maximum Gasteiger partial charge on any atom is 0.300 e. The molecule has 2 heterocycles. The van der Waals surface area contributed by atoms with E-state index in [9.17, 15) is 20.4 Å². The van der Waals surface area contributed by atoms with Crippen LogP contribution in [-0.2, 0) is 77.9 Å². The molecule has 2 radical (unpaired) electrons. The summed E-state index contributed by atoms with van der Waals surface area (Å²) in [4.78, 5) is 42.1. The zero-order chi connectivity index (χ0) is 65.3. The molecule has 0 spiro atoms. The van der Waals surface area contributed by atoms with Gasteiger partial charge < -0.3 is 43.0 Å². The Hall–Kier alpha value is -5.37. The van der Waals surface area contributed by atoms with E-state index in [2.05, 4.69) is 144 Å². The molecule has 2 aliphatic carbocycles. The molecule has 510 valence electrons. The van der Waals surface area contributed by atoms with Crippen LogP contribution in [0.2, 0.25) is 0 Å². The summed E-state index contributed by atoms with van der Waals surface area (Å²) in [5, 5.41) is 59.5. The first-order valence-corrected chi connectivity index (χ1v) is 32.6. The Balaban J connectivity index is 0.000000543. The number of hydrogen-bond donors (Lipinski definition) is 7. The summed E-state index contributed by atoms with van der Waals surface area (Å²) in [6.45, 7) is 38.6. The molecule has 4 atom stereocenters. The molecule has 8 rings (SSSR count). The van der Waals surface area contributed by atoms with Gasteiger partial charge in [0.15, 0.2) is 0 Å². The second-order valence-corrected chi connectivity index (χ2v) is 29.5. The van der Waals surface area contributed by atoms with Gasteiger partial charge in [0.2, 0.25) is 0 Å². The summed E-state index contributed by atoms with van der Waals surface area (Å²) < 4.78 is 0. The minimum atomic E-state index is -0.833. The maximum atomic E-state index is 11.4. The maximum absolute atomic E-state index is 11.4. The van der Waals surface area contributed by atoms with Crippen molar-refractivity contribution in [3.63, 3.8) is 0 Å². The predicted molar refractivity (Wildman–Crippen MR) is 370 cm³/mol. The van der Waals surface area contributed by atoms with Crippen molar-refractivity contribution >= 4 is 36.8 Å². The molecule has 4 aromatic rings. The van der Waals surface area contributed by atoms with Gasteiger partial charge in [0, 0.05) is 123 Å². The molecule has 7 N–H and O–H groups in total. The number of aryl methyl sites for hydroxylation is 2. The molecule has 91 heavy (non-hydrogen) atoms. The minimum absolute atomic E-state index is 0. The first kappa shape index (κ1) is 81.7. The normalized spacial score (nSPS) is 19.4. The smallest absolute Gasteiger partial charge is 0.300 e. The van der Waals surface area contributed by atoms with Crippen LogP contribution in [0.3, 0.4) is 0 Å². The molecule has 0 aromatic heterocycles. The van der Waals surface area contributed by atoms with Crippen molar-refractivity contribution in [2.24, 2.45) is 20.0 Å². The molecule has 4 aliphatic rings. The van der Waals surface area contributed by atoms with E-state index in [0.717, 1.165) is 141 Å². The third-order valence-electron chi connectivity index (χ3n) is 17.2. The van der Waals surface area contributed by atoms with Crippen LogP contribution < -0.4 is 4.90 Å². The van der Waals surface area contributed by atoms with Crippen molar-refractivity contribution in [1.29, 1.82) is 0 Å². The van der Waals surface area contributed by atoms with Gasteiger partial charge in [-0.15, -0.1) is 0 Å². The standard InChI is InChI=1S/C37H54N4O2.C33H48N2O2.2C2H4O2.CH3.2Co/c1-27-19-28(35(42)30(20-27)25-40-15-9-5-10-16-40)23-38-33-13-7-8-14-34(33)39-24-29-21-32(37(2,3)4)22-31(36(29)43)26-41-17-11-6-12-18-41;1-21-15-22(29(36)25(16-21)32(5,6)7)19-34-27-13-11-12-14-28(27)35-20-23-17-24(31(2,3)4)18-26(30(23)37)33(8,9)10;2*1-2(3)4;;;/h19-24,33-34,42-43H,5-18,25-26H2,1-4H3;15-20,27-28,36-37H,11-14H2,1-10H3;2*1H3,(H,3,4);1H3;;/q;;;;-1;;/p+1/t33-,34-;27-,28-;;;;;/m00...../s1. The summed E-state index contributed by atoms with van der Waals surface area (Å²) in [5.41, 5.74) is 11.4. The van der Waals surface area contributed by atoms with Gasteiger partial charge in [-0.25, -0.2) is 0 Å². The first-order chi connectivity index (χ1) is 41.1. The summed E-state index contributed by atoms with van der Waals surface area (Å²) in [6, 6.07) is 17.0. The number of aromatic hydroxyl groups is 4. The van der Waals surface area contributed by atoms with Gasteiger partial charge >= 0.3 is 0 Å². The van der Waals surface area contributed by atoms with Gasteiger partial charge in [0.25, 0.3) is 11.9 Å². The van der Waals surface area contributed by atoms with Crippen molar-refractivity contribution in [2.45, 2.75) is 260 Å². The fourth-order valence-electron chi connectivity index (χ4n) is 12.2. The van der Waals surface area contributed by atoms with Crippen LogP contribution in [0, 0.1) is 21.3 Å². The number of aliphatic imine (C=N–C) groups is 4. The summed E-state index contributed by atoms with van der Waals surface area (Å²) in [5.74, 6) is -0.282. The van der Waals surface area contributed by atoms with Crippen LogP contribution in [0.4, 0.5) is 0 Å². The van der Waals surface area contributed by atoms with E-state index in [4.69, 9.17) is 39.8 Å². The SMILES string of the molecule is CC(=O)O.CC(=O)O.Cc1cc(C=N[C@H]2CCCC[C@@H]2N=Cc2cc(C(C)(C)C)cc(C(C)(C)C)c2O)c(O)c(C(C)(C)C)c1.Cc1cc(C=N[C@H]2CCCC[C@@H]2N=Cc2cc(C(C)(C)C)cc(CN3CCCCC3)c2O)c(O)c(C[NH+]2CCCCC2)c1.[CH3-].[Co].[Co]. The van der Waals surface area contributed by atoms with E-state index in [1.165, 1.54) is 68.3 Å². The van der Waals surface area contributed by atoms with Crippen LogP contribution in [0.25, 0.3) is 0 Å². The number of phenols is 4. The third kappa shape index (κ3) is 26.2. The zero-order valence-corrected chi connectivity index (χ0v) is 60.4. The fraction of sp³-hybridized carbons (Fsp3) is 0.587. The zero-order valence-electron chi connectivity index (χ0n) is 58.3. The number of quaternary nitrogens is 1. The van der Waals surface area contributed by atoms with E-state index in [1.54, 1.807) is 4.90 Å². The predicted octanol–water partition coefficient (Wildman–Crippen LogP) is 14.9. The molecule has 0 bridgehead atoms. The first-order valence-electron chi connectivity index (χ1n) is 32.6. The third-order valence-corrected chi connectivity index (χ3v) is 17.2. The van der Waals surface area contributed by atoms with Crippen molar-refractivity contribution in [3.8, 4) is 23.0 Å². The topological polar surface area (TPSA) is 213 Å². The van der Waals surface area contributed by atoms with Crippen LogP contribution in [0.1, 0.15) is 254 Å². The van der Waals surface area contributed by atoms with Crippen LogP contribution in [0.5, 0.6) is 23.0 Å². The number of rotatable bonds is 12. The number of piperidine rings is 2. The molecular weight excluding hydrogens is 1230 g/mol. The van der Waals surface area contributed by atoms with Crippen molar-refractivity contribution in [2.75, 3.05) is 26.2 Å². The van der Waals surface area contributed by atoms with Gasteiger partial charge in [0.05, 0.1) is 37.3 Å². The number of nitrogens with zero attached hydrogens (tertiary/aromatic N) is 5. The number of carboxylic acids is 2. The Kier molecular flexibility index (Phi) is 33.2. The van der Waals surface area contributed by atoms with E-state index >= 15 is 0 Å². The van der Waals surface area contributed by atoms with Crippen LogP contribution in [0.15, 0.2) is 68.5 Å². The van der Waals surface area contributed by atoms with E-state index in [1.807, 2.05) is 30.9 Å². The summed E-state index contributed by atoms with van der Waals surface area (Å²) in [6.07, 6.45) is 23.6. The number of nitrogens with one attached hydrogen (secondary N) is 1. The monoisotopic (exact) mass is 1340 g/mol. The number of carboxylic acid groups (broad SMARTS) is 2. The number of benzene rings is 4. The molecule has 0 amide bonds.